The van der Waals surface area contributed by atoms with Gasteiger partial charge in [-0.1, -0.05) is 11.8 Å². The summed E-state index contributed by atoms with van der Waals surface area (Å²) in [6.45, 7) is 0. The van der Waals surface area contributed by atoms with Crippen molar-refractivity contribution in [2.24, 2.45) is 0 Å². The second-order valence-electron chi connectivity index (χ2n) is 1.87. The first-order valence-electron chi connectivity index (χ1n) is 3.06. The Kier molecular flexibility index (Phi) is 4.33. The monoisotopic (exact) mass is 249 g/mol. The average Bonchev–Trinajstić information content (AvgIpc) is 2.04. The number of aromatic nitrogens is 1. The Bertz CT molecular complexity index is 212. The van der Waals surface area contributed by atoms with Crippen molar-refractivity contribution in [3.8, 4) is 0 Å². The second-order valence-corrected chi connectivity index (χ2v) is 5.01. The molecule has 0 fully saturated rings. The number of nitrogens with zero attached hydrogens (tertiary/aromatic N) is 1. The van der Waals surface area contributed by atoms with Crippen molar-refractivity contribution in [2.75, 3.05) is 11.3 Å². The smallest absolute Gasteiger partial charge is 0.0968 e. The lowest BCUT2D eigenvalue weighted by Gasteiger charge is -1.96. The molecule has 0 N–H and O–H groups in total. The molecule has 0 aromatic carbocycles. The Hall–Kier alpha value is 0.330. The van der Waals surface area contributed by atoms with Crippen LogP contribution in [0, 0.1) is 0 Å². The summed E-state index contributed by atoms with van der Waals surface area (Å²) >= 11 is 6.91. The van der Waals surface area contributed by atoms with Crippen LogP contribution >= 0.6 is 39.5 Å². The molecule has 1 nitrogen and oxygen atoms in total. The van der Waals surface area contributed by atoms with Gasteiger partial charge >= 0.3 is 0 Å². The molecule has 0 aliphatic carbocycles. The van der Waals surface area contributed by atoms with E-state index < -0.39 is 0 Å². The molecule has 1 aromatic heterocycles. The summed E-state index contributed by atoms with van der Waals surface area (Å²) in [7, 11) is 0. The lowest BCUT2D eigenvalue weighted by atomic mass is 10.5. The van der Waals surface area contributed by atoms with Crippen LogP contribution in [0.5, 0.6) is 0 Å². The molecule has 11 heavy (non-hydrogen) atoms. The zero-order valence-corrected chi connectivity index (χ0v) is 9.30. The predicted molar refractivity (Wildman–Crippen MR) is 56.2 cm³/mol. The number of pyridine rings is 1. The van der Waals surface area contributed by atoms with Gasteiger partial charge in [0.2, 0.25) is 0 Å². The fourth-order valence-corrected chi connectivity index (χ4v) is 2.05. The maximum atomic E-state index is 4.22. The maximum Gasteiger partial charge on any atom is 0.0968 e. The van der Waals surface area contributed by atoms with E-state index in [0.717, 1.165) is 14.6 Å². The molecule has 1 aromatic rings. The van der Waals surface area contributed by atoms with Crippen LogP contribution in [0.25, 0.3) is 0 Å². The van der Waals surface area contributed by atoms with Gasteiger partial charge in [0.25, 0.3) is 0 Å². The van der Waals surface area contributed by atoms with E-state index >= 15 is 0 Å². The molecule has 0 spiro atoms. The van der Waals surface area contributed by atoms with E-state index in [1.165, 1.54) is 0 Å². The minimum Gasteiger partial charge on any atom is -0.249 e. The molecule has 1 heterocycles. The van der Waals surface area contributed by atoms with Crippen molar-refractivity contribution in [2.45, 2.75) is 5.03 Å². The van der Waals surface area contributed by atoms with Crippen LogP contribution in [0.1, 0.15) is 0 Å². The summed E-state index contributed by atoms with van der Waals surface area (Å²) < 4.78 is 1.03. The van der Waals surface area contributed by atoms with Crippen molar-refractivity contribution in [3.05, 3.63) is 22.8 Å². The Morgan fingerprint density at radius 2 is 2.36 bits per heavy atom. The molecule has 1 rings (SSSR count). The average molecular weight is 250 g/mol. The van der Waals surface area contributed by atoms with Gasteiger partial charge in [-0.15, -0.1) is 0 Å². The minimum absolute atomic E-state index is 1.03. The van der Waals surface area contributed by atoms with Gasteiger partial charge in [0, 0.05) is 15.8 Å². The fraction of sp³-hybridized carbons (Fsp3) is 0.286. The Labute approximate surface area is 83.5 Å². The number of hydrogen-bond donors (Lipinski definition) is 0. The van der Waals surface area contributed by atoms with E-state index in [2.05, 4.69) is 27.2 Å². The molecule has 0 radical (unpaired) electrons. The van der Waals surface area contributed by atoms with Crippen molar-refractivity contribution in [1.29, 1.82) is 0 Å². The molecule has 60 valence electrons. The maximum absolute atomic E-state index is 4.22. The summed E-state index contributed by atoms with van der Waals surface area (Å²) in [5.74, 6) is 0. The van der Waals surface area contributed by atoms with Gasteiger partial charge in [-0.2, -0.15) is 11.8 Å². The number of halogens is 1. The molecule has 0 unspecified atom stereocenters. The Morgan fingerprint density at radius 3 is 2.91 bits per heavy atom. The van der Waals surface area contributed by atoms with Gasteiger partial charge in [0.1, 0.15) is 0 Å². The Morgan fingerprint density at radius 1 is 1.55 bits per heavy atom. The lowest BCUT2D eigenvalue weighted by Crippen LogP contribution is -1.78. The van der Waals surface area contributed by atoms with Crippen LogP contribution in [0.2, 0.25) is 0 Å². The van der Waals surface area contributed by atoms with Crippen LogP contribution in [-0.2, 0) is 0 Å². The highest BCUT2D eigenvalue weighted by molar-refractivity contribution is 9.10. The number of hydrogen-bond acceptors (Lipinski definition) is 3. The van der Waals surface area contributed by atoms with Crippen molar-refractivity contribution >= 4 is 39.5 Å². The van der Waals surface area contributed by atoms with Gasteiger partial charge in [-0.05, 0) is 34.3 Å². The van der Waals surface area contributed by atoms with Gasteiger partial charge in [0.15, 0.2) is 0 Å². The van der Waals surface area contributed by atoms with E-state index in [9.17, 15) is 0 Å². The van der Waals surface area contributed by atoms with Crippen molar-refractivity contribution < 1.29 is 0 Å². The van der Waals surface area contributed by atoms with Crippen molar-refractivity contribution in [3.63, 3.8) is 0 Å². The first kappa shape index (κ1) is 9.42. The second kappa shape index (κ2) is 5.06. The SMILES string of the molecule is CSCSc1ccc(Br)cn1. The third-order valence-electron chi connectivity index (χ3n) is 1.02. The van der Waals surface area contributed by atoms with Gasteiger partial charge in [0.05, 0.1) is 5.03 Å². The molecular formula is C7H8BrNS2. The van der Waals surface area contributed by atoms with E-state index in [0.29, 0.717) is 0 Å². The van der Waals surface area contributed by atoms with Crippen LogP contribution in [0.15, 0.2) is 27.8 Å². The van der Waals surface area contributed by atoms with E-state index in [1.54, 1.807) is 11.8 Å². The largest absolute Gasteiger partial charge is 0.249 e. The highest BCUT2D eigenvalue weighted by Crippen LogP contribution is 2.20. The van der Waals surface area contributed by atoms with E-state index in [1.807, 2.05) is 30.1 Å². The van der Waals surface area contributed by atoms with Gasteiger partial charge in [-0.25, -0.2) is 4.98 Å². The molecule has 0 aliphatic heterocycles. The third kappa shape index (κ3) is 3.49. The summed E-state index contributed by atoms with van der Waals surface area (Å²) in [6.07, 6.45) is 3.91. The number of thioether (sulfide) groups is 2. The zero-order chi connectivity index (χ0) is 8.10. The normalized spacial score (nSPS) is 10.0. The first-order valence-corrected chi connectivity index (χ1v) is 6.23. The highest BCUT2D eigenvalue weighted by atomic mass is 79.9. The number of rotatable bonds is 3. The zero-order valence-electron chi connectivity index (χ0n) is 6.08. The topological polar surface area (TPSA) is 12.9 Å². The van der Waals surface area contributed by atoms with E-state index in [4.69, 9.17) is 0 Å². The molecule has 0 atom stereocenters. The molecular weight excluding hydrogens is 242 g/mol. The van der Waals surface area contributed by atoms with Crippen LogP contribution < -0.4 is 0 Å². The first-order chi connectivity index (χ1) is 5.33. The Balaban J connectivity index is 2.52. The molecule has 0 aliphatic rings. The molecule has 0 saturated heterocycles. The quantitative estimate of drug-likeness (QED) is 0.603. The minimum atomic E-state index is 1.03. The molecule has 0 saturated carbocycles. The highest BCUT2D eigenvalue weighted by Gasteiger charge is 1.92. The summed E-state index contributed by atoms with van der Waals surface area (Å²) in [5, 5.41) is 2.15. The van der Waals surface area contributed by atoms with Crippen molar-refractivity contribution in [1.82, 2.24) is 4.98 Å². The molecule has 4 heteroatoms. The summed E-state index contributed by atoms with van der Waals surface area (Å²) in [6, 6.07) is 4.03. The van der Waals surface area contributed by atoms with E-state index in [-0.39, 0.29) is 0 Å². The van der Waals surface area contributed by atoms with Gasteiger partial charge < -0.3 is 0 Å². The third-order valence-corrected chi connectivity index (χ3v) is 3.45. The molecule has 0 amide bonds. The summed E-state index contributed by atoms with van der Waals surface area (Å²) in [5.41, 5.74) is 0. The molecule has 0 bridgehead atoms. The lowest BCUT2D eigenvalue weighted by molar-refractivity contribution is 1.13. The van der Waals surface area contributed by atoms with Gasteiger partial charge in [-0.3, -0.25) is 0 Å². The van der Waals surface area contributed by atoms with Crippen LogP contribution in [0.4, 0.5) is 0 Å². The standard InChI is InChI=1S/C7H8BrNS2/c1-10-5-11-7-3-2-6(8)4-9-7/h2-4H,5H2,1H3. The van der Waals surface area contributed by atoms with Crippen LogP contribution in [0.3, 0.4) is 0 Å². The summed E-state index contributed by atoms with van der Waals surface area (Å²) in [4.78, 5) is 4.22. The van der Waals surface area contributed by atoms with Crippen LogP contribution in [-0.4, -0.2) is 16.3 Å². The fourth-order valence-electron chi connectivity index (χ4n) is 0.567. The predicted octanol–water partition coefficient (Wildman–Crippen LogP) is 3.26.